The van der Waals surface area contributed by atoms with E-state index in [2.05, 4.69) is 19.2 Å². The Labute approximate surface area is 173 Å². The molecule has 2 aliphatic rings. The Bertz CT molecular complexity index is 736. The number of amides is 2. The Balaban J connectivity index is 1.51. The fourth-order valence-electron chi connectivity index (χ4n) is 4.73. The third kappa shape index (κ3) is 4.85. The van der Waals surface area contributed by atoms with E-state index in [9.17, 15) is 9.59 Å². The average Bonchev–Trinajstić information content (AvgIpc) is 3.11. The van der Waals surface area contributed by atoms with Crippen LogP contribution in [0.5, 0.6) is 11.5 Å². The predicted octanol–water partition coefficient (Wildman–Crippen LogP) is 3.04. The summed E-state index contributed by atoms with van der Waals surface area (Å²) in [6.07, 6.45) is 4.50. The van der Waals surface area contributed by atoms with Crippen molar-refractivity contribution in [3.8, 4) is 11.5 Å². The van der Waals surface area contributed by atoms with Gasteiger partial charge in [0.15, 0.2) is 11.5 Å². The molecular formula is C23H34N2O4. The van der Waals surface area contributed by atoms with E-state index in [-0.39, 0.29) is 23.8 Å². The van der Waals surface area contributed by atoms with Gasteiger partial charge in [-0.2, -0.15) is 0 Å². The Morgan fingerprint density at radius 2 is 1.93 bits per heavy atom. The maximum atomic E-state index is 12.6. The number of rotatable bonds is 7. The van der Waals surface area contributed by atoms with Crippen LogP contribution < -0.4 is 14.8 Å². The topological polar surface area (TPSA) is 67.9 Å². The van der Waals surface area contributed by atoms with Crippen molar-refractivity contribution < 1.29 is 19.1 Å². The van der Waals surface area contributed by atoms with Gasteiger partial charge in [0.05, 0.1) is 20.1 Å². The van der Waals surface area contributed by atoms with Gasteiger partial charge in [0.2, 0.25) is 11.8 Å². The number of benzene rings is 1. The lowest BCUT2D eigenvalue weighted by molar-refractivity contribution is -0.132. The lowest BCUT2D eigenvalue weighted by Gasteiger charge is -2.40. The molecule has 0 spiro atoms. The van der Waals surface area contributed by atoms with Crippen molar-refractivity contribution in [2.24, 2.45) is 17.8 Å². The van der Waals surface area contributed by atoms with Crippen LogP contribution in [-0.2, 0) is 16.0 Å². The van der Waals surface area contributed by atoms with Crippen LogP contribution in [0.15, 0.2) is 18.2 Å². The second-order valence-corrected chi connectivity index (χ2v) is 8.51. The summed E-state index contributed by atoms with van der Waals surface area (Å²) in [5.74, 6) is 2.39. The number of methoxy groups -OCH3 is 2. The van der Waals surface area contributed by atoms with Gasteiger partial charge in [-0.3, -0.25) is 9.59 Å². The zero-order valence-corrected chi connectivity index (χ0v) is 18.1. The number of likely N-dealkylation sites (tertiary alicyclic amines) is 1. The molecule has 1 heterocycles. The van der Waals surface area contributed by atoms with E-state index in [1.54, 1.807) is 14.2 Å². The van der Waals surface area contributed by atoms with Crippen LogP contribution in [0.2, 0.25) is 0 Å². The first-order valence-corrected chi connectivity index (χ1v) is 10.7. The molecule has 6 nitrogen and oxygen atoms in total. The number of nitrogens with one attached hydrogen (secondary N) is 1. The molecule has 0 bridgehead atoms. The van der Waals surface area contributed by atoms with Crippen molar-refractivity contribution in [1.29, 1.82) is 0 Å². The second-order valence-electron chi connectivity index (χ2n) is 8.51. The van der Waals surface area contributed by atoms with Crippen molar-refractivity contribution in [2.75, 3.05) is 27.3 Å². The number of nitrogens with zero attached hydrogens (tertiary/aromatic N) is 1. The molecule has 1 saturated carbocycles. The van der Waals surface area contributed by atoms with Crippen LogP contribution in [0.3, 0.4) is 0 Å². The zero-order valence-electron chi connectivity index (χ0n) is 18.1. The predicted molar refractivity (Wildman–Crippen MR) is 112 cm³/mol. The molecule has 1 aliphatic heterocycles. The van der Waals surface area contributed by atoms with Crippen LogP contribution in [0, 0.1) is 17.8 Å². The van der Waals surface area contributed by atoms with Crippen molar-refractivity contribution in [1.82, 2.24) is 10.2 Å². The quantitative estimate of drug-likeness (QED) is 0.761. The van der Waals surface area contributed by atoms with Gasteiger partial charge >= 0.3 is 0 Å². The van der Waals surface area contributed by atoms with Gasteiger partial charge in [-0.1, -0.05) is 32.8 Å². The molecule has 1 aromatic carbocycles. The first kappa shape index (κ1) is 21.5. The van der Waals surface area contributed by atoms with Crippen LogP contribution in [0.4, 0.5) is 0 Å². The summed E-state index contributed by atoms with van der Waals surface area (Å²) in [6, 6.07) is 6.06. The number of hydrogen-bond donors (Lipinski definition) is 1. The molecule has 3 rings (SSSR count). The molecule has 160 valence electrons. The minimum Gasteiger partial charge on any atom is -0.493 e. The number of carbonyl (C=O) groups is 2. The maximum Gasteiger partial charge on any atom is 0.225 e. The molecule has 1 aromatic rings. The third-order valence-corrected chi connectivity index (χ3v) is 6.75. The van der Waals surface area contributed by atoms with Gasteiger partial charge in [-0.15, -0.1) is 0 Å². The fourth-order valence-corrected chi connectivity index (χ4v) is 4.73. The van der Waals surface area contributed by atoms with Gasteiger partial charge in [-0.25, -0.2) is 0 Å². The molecule has 0 radical (unpaired) electrons. The van der Waals surface area contributed by atoms with E-state index in [4.69, 9.17) is 9.47 Å². The molecule has 29 heavy (non-hydrogen) atoms. The summed E-state index contributed by atoms with van der Waals surface area (Å²) in [5, 5.41) is 3.01. The Kier molecular flexibility index (Phi) is 7.04. The van der Waals surface area contributed by atoms with Crippen LogP contribution >= 0.6 is 0 Å². The maximum absolute atomic E-state index is 12.6. The Morgan fingerprint density at radius 1 is 1.17 bits per heavy atom. The van der Waals surface area contributed by atoms with Crippen LogP contribution in [0.1, 0.15) is 45.1 Å². The summed E-state index contributed by atoms with van der Waals surface area (Å²) >= 11 is 0. The van der Waals surface area contributed by atoms with Crippen LogP contribution in [-0.4, -0.2) is 50.1 Å². The average molecular weight is 403 g/mol. The van der Waals surface area contributed by atoms with E-state index < -0.39 is 0 Å². The van der Waals surface area contributed by atoms with Crippen molar-refractivity contribution in [2.45, 2.75) is 52.0 Å². The highest BCUT2D eigenvalue weighted by Gasteiger charge is 2.41. The van der Waals surface area contributed by atoms with Gasteiger partial charge in [0.25, 0.3) is 0 Å². The number of hydrogen-bond acceptors (Lipinski definition) is 4. The van der Waals surface area contributed by atoms with Gasteiger partial charge in [0.1, 0.15) is 0 Å². The summed E-state index contributed by atoms with van der Waals surface area (Å²) in [7, 11) is 3.22. The summed E-state index contributed by atoms with van der Waals surface area (Å²) in [5.41, 5.74) is 1.07. The largest absolute Gasteiger partial charge is 0.493 e. The minimum atomic E-state index is -0.239. The van der Waals surface area contributed by atoms with E-state index in [1.165, 1.54) is 12.8 Å². The number of carbonyl (C=O) groups excluding carboxylic acids is 2. The molecule has 1 aliphatic carbocycles. The Hall–Kier alpha value is -2.24. The Morgan fingerprint density at radius 3 is 2.66 bits per heavy atom. The van der Waals surface area contributed by atoms with Crippen molar-refractivity contribution >= 4 is 11.8 Å². The third-order valence-electron chi connectivity index (χ3n) is 6.75. The molecule has 4 atom stereocenters. The first-order valence-electron chi connectivity index (χ1n) is 10.7. The van der Waals surface area contributed by atoms with E-state index in [1.807, 2.05) is 23.1 Å². The van der Waals surface area contributed by atoms with E-state index >= 15 is 0 Å². The van der Waals surface area contributed by atoms with Gasteiger partial charge in [0, 0.05) is 25.6 Å². The van der Waals surface area contributed by atoms with Gasteiger partial charge in [-0.05, 0) is 42.4 Å². The molecule has 2 fully saturated rings. The zero-order chi connectivity index (χ0) is 21.0. The molecule has 2 amide bonds. The molecule has 1 N–H and O–H groups in total. The summed E-state index contributed by atoms with van der Waals surface area (Å²) in [6.45, 7) is 5.62. The van der Waals surface area contributed by atoms with E-state index in [0.717, 1.165) is 12.0 Å². The van der Waals surface area contributed by atoms with Crippen LogP contribution in [0.25, 0.3) is 0 Å². The normalized spacial score (nSPS) is 27.0. The summed E-state index contributed by atoms with van der Waals surface area (Å²) in [4.78, 5) is 27.2. The lowest BCUT2D eigenvalue weighted by Crippen LogP contribution is -2.45. The monoisotopic (exact) mass is 402 g/mol. The SMILES string of the molecule is COc1ccc(CCNC(=O)C2CC(=O)N(C3CCCC(C)C3C)C2)cc1OC. The van der Waals surface area contributed by atoms with Crippen molar-refractivity contribution in [3.63, 3.8) is 0 Å². The minimum absolute atomic E-state index is 0.0159. The standard InChI is InChI=1S/C23H34N2O4/c1-15-6-5-7-19(16(15)2)25-14-18(13-22(25)26)23(27)24-11-10-17-8-9-20(28-3)21(12-17)29-4/h8-9,12,15-16,18-19H,5-7,10-11,13-14H2,1-4H3,(H,24,27). The number of ether oxygens (including phenoxy) is 2. The molecule has 4 unspecified atom stereocenters. The smallest absolute Gasteiger partial charge is 0.225 e. The first-order chi connectivity index (χ1) is 13.9. The highest BCUT2D eigenvalue weighted by Crippen LogP contribution is 2.35. The molecule has 1 saturated heterocycles. The molecule has 6 heteroatoms. The second kappa shape index (κ2) is 9.51. The lowest BCUT2D eigenvalue weighted by atomic mass is 9.77. The molecule has 0 aromatic heterocycles. The van der Waals surface area contributed by atoms with Gasteiger partial charge < -0.3 is 19.7 Å². The molecular weight excluding hydrogens is 368 g/mol. The van der Waals surface area contributed by atoms with Crippen molar-refractivity contribution in [3.05, 3.63) is 23.8 Å². The summed E-state index contributed by atoms with van der Waals surface area (Å²) < 4.78 is 10.6. The van der Waals surface area contributed by atoms with E-state index in [0.29, 0.717) is 49.3 Å². The fraction of sp³-hybridized carbons (Fsp3) is 0.652. The highest BCUT2D eigenvalue weighted by molar-refractivity contribution is 5.89. The highest BCUT2D eigenvalue weighted by atomic mass is 16.5.